The molecule has 0 spiro atoms. The van der Waals surface area contributed by atoms with Gasteiger partial charge in [-0.15, -0.1) is 0 Å². The summed E-state index contributed by atoms with van der Waals surface area (Å²) in [6.45, 7) is 4.35. The van der Waals surface area contributed by atoms with E-state index in [1.165, 1.54) is 12.8 Å². The van der Waals surface area contributed by atoms with Gasteiger partial charge in [0.1, 0.15) is 0 Å². The maximum Gasteiger partial charge on any atom is 0.317 e. The Bertz CT molecular complexity index is 275. The first-order valence-electron chi connectivity index (χ1n) is 6.33. The number of urea groups is 1. The third-order valence-corrected chi connectivity index (χ3v) is 3.22. The van der Waals surface area contributed by atoms with E-state index in [1.54, 1.807) is 6.92 Å². The molecule has 0 aromatic carbocycles. The quantitative estimate of drug-likeness (QED) is 0.772. The molecule has 1 rings (SSSR count). The highest BCUT2D eigenvalue weighted by molar-refractivity contribution is 5.76. The number of carboxylic acid groups (broad SMARTS) is 1. The van der Waals surface area contributed by atoms with Crippen molar-refractivity contribution in [3.8, 4) is 0 Å². The molecule has 0 aliphatic heterocycles. The Morgan fingerprint density at radius 1 is 1.41 bits per heavy atom. The lowest BCUT2D eigenvalue weighted by Gasteiger charge is -2.29. The highest BCUT2D eigenvalue weighted by Gasteiger charge is 2.26. The zero-order chi connectivity index (χ0) is 12.8. The molecule has 1 unspecified atom stereocenters. The van der Waals surface area contributed by atoms with Gasteiger partial charge in [0.05, 0.1) is 6.42 Å². The van der Waals surface area contributed by atoms with Crippen LogP contribution in [0.2, 0.25) is 0 Å². The third kappa shape index (κ3) is 4.24. The maximum absolute atomic E-state index is 12.0. The monoisotopic (exact) mass is 242 g/mol. The van der Waals surface area contributed by atoms with Gasteiger partial charge in [0.15, 0.2) is 0 Å². The van der Waals surface area contributed by atoms with Gasteiger partial charge in [0.2, 0.25) is 0 Å². The number of nitrogens with zero attached hydrogens (tertiary/aromatic N) is 1. The average molecular weight is 242 g/mol. The molecule has 0 aromatic rings. The van der Waals surface area contributed by atoms with Gasteiger partial charge in [0, 0.05) is 18.6 Å². The summed E-state index contributed by atoms with van der Waals surface area (Å²) in [5.74, 6) is -0.887. The van der Waals surface area contributed by atoms with Gasteiger partial charge in [-0.1, -0.05) is 12.8 Å². The van der Waals surface area contributed by atoms with Crippen molar-refractivity contribution in [2.45, 2.75) is 58.0 Å². The number of carboxylic acids is 1. The lowest BCUT2D eigenvalue weighted by Crippen LogP contribution is -2.48. The average Bonchev–Trinajstić information content (AvgIpc) is 2.70. The number of carbonyl (C=O) groups excluding carboxylic acids is 1. The van der Waals surface area contributed by atoms with Crippen molar-refractivity contribution < 1.29 is 14.7 Å². The van der Waals surface area contributed by atoms with Gasteiger partial charge in [-0.05, 0) is 26.7 Å². The first kappa shape index (κ1) is 13.8. The molecule has 0 saturated heterocycles. The minimum absolute atomic E-state index is 0.0338. The zero-order valence-corrected chi connectivity index (χ0v) is 10.6. The van der Waals surface area contributed by atoms with Crippen LogP contribution in [0.5, 0.6) is 0 Å². The van der Waals surface area contributed by atoms with E-state index in [2.05, 4.69) is 5.32 Å². The summed E-state index contributed by atoms with van der Waals surface area (Å²) < 4.78 is 0. The molecule has 98 valence electrons. The molecular weight excluding hydrogens is 220 g/mol. The van der Waals surface area contributed by atoms with Crippen LogP contribution in [0.25, 0.3) is 0 Å². The number of aliphatic carboxylic acids is 1. The minimum Gasteiger partial charge on any atom is -0.481 e. The molecule has 0 bridgehead atoms. The molecule has 0 aromatic heterocycles. The lowest BCUT2D eigenvalue weighted by molar-refractivity contribution is -0.137. The second-order valence-electron chi connectivity index (χ2n) is 4.67. The summed E-state index contributed by atoms with van der Waals surface area (Å²) in [5.41, 5.74) is 0. The Morgan fingerprint density at radius 3 is 2.47 bits per heavy atom. The van der Waals surface area contributed by atoms with E-state index in [0.29, 0.717) is 12.6 Å². The molecule has 2 N–H and O–H groups in total. The zero-order valence-electron chi connectivity index (χ0n) is 10.6. The Balaban J connectivity index is 2.45. The van der Waals surface area contributed by atoms with Crippen LogP contribution >= 0.6 is 0 Å². The fraction of sp³-hybridized carbons (Fsp3) is 0.833. The van der Waals surface area contributed by atoms with Gasteiger partial charge in [0.25, 0.3) is 0 Å². The predicted molar refractivity (Wildman–Crippen MR) is 64.9 cm³/mol. The van der Waals surface area contributed by atoms with E-state index < -0.39 is 5.97 Å². The number of rotatable bonds is 5. The summed E-state index contributed by atoms with van der Waals surface area (Å²) in [4.78, 5) is 24.3. The first-order chi connectivity index (χ1) is 8.04. The van der Waals surface area contributed by atoms with E-state index >= 15 is 0 Å². The molecule has 17 heavy (non-hydrogen) atoms. The lowest BCUT2D eigenvalue weighted by atomic mass is 10.2. The summed E-state index contributed by atoms with van der Waals surface area (Å²) >= 11 is 0. The largest absolute Gasteiger partial charge is 0.481 e. The number of nitrogens with one attached hydrogen (secondary N) is 1. The van der Waals surface area contributed by atoms with Crippen molar-refractivity contribution in [1.82, 2.24) is 10.2 Å². The number of hydrogen-bond acceptors (Lipinski definition) is 2. The standard InChI is InChI=1S/C12H22N2O3/c1-3-14(10-6-4-5-7-10)12(17)13-9(2)8-11(15)16/h9-10H,3-8H2,1-2H3,(H,13,17)(H,15,16). The Kier molecular flexibility index (Phi) is 5.25. The molecule has 1 atom stereocenters. The second kappa shape index (κ2) is 6.47. The van der Waals surface area contributed by atoms with Crippen LogP contribution < -0.4 is 5.32 Å². The van der Waals surface area contributed by atoms with Crippen LogP contribution in [0.1, 0.15) is 46.0 Å². The highest BCUT2D eigenvalue weighted by atomic mass is 16.4. The third-order valence-electron chi connectivity index (χ3n) is 3.22. The molecule has 0 heterocycles. The van der Waals surface area contributed by atoms with Gasteiger partial charge >= 0.3 is 12.0 Å². The normalized spacial score (nSPS) is 17.8. The van der Waals surface area contributed by atoms with Crippen molar-refractivity contribution in [1.29, 1.82) is 0 Å². The highest BCUT2D eigenvalue weighted by Crippen LogP contribution is 2.23. The molecule has 5 nitrogen and oxygen atoms in total. The van der Waals surface area contributed by atoms with Gasteiger partial charge in [-0.3, -0.25) is 4.79 Å². The number of hydrogen-bond donors (Lipinski definition) is 2. The van der Waals surface area contributed by atoms with E-state index in [9.17, 15) is 9.59 Å². The molecule has 0 radical (unpaired) electrons. The predicted octanol–water partition coefficient (Wildman–Crippen LogP) is 1.82. The van der Waals surface area contributed by atoms with Gasteiger partial charge < -0.3 is 15.3 Å². The van der Waals surface area contributed by atoms with Crippen molar-refractivity contribution in [2.75, 3.05) is 6.54 Å². The maximum atomic E-state index is 12.0. The van der Waals surface area contributed by atoms with E-state index in [0.717, 1.165) is 12.8 Å². The summed E-state index contributed by atoms with van der Waals surface area (Å²) in [6, 6.07) is -0.124. The van der Waals surface area contributed by atoms with E-state index in [1.807, 2.05) is 11.8 Å². The molecule has 2 amide bonds. The van der Waals surface area contributed by atoms with Crippen LogP contribution in [-0.4, -0.2) is 40.6 Å². The number of carbonyl (C=O) groups is 2. The number of amides is 2. The Labute approximate surface area is 102 Å². The summed E-state index contributed by atoms with van der Waals surface area (Å²) in [5, 5.41) is 11.4. The summed E-state index contributed by atoms with van der Waals surface area (Å²) in [7, 11) is 0. The second-order valence-corrected chi connectivity index (χ2v) is 4.67. The SMILES string of the molecule is CCN(C(=O)NC(C)CC(=O)O)C1CCCC1. The van der Waals surface area contributed by atoms with Crippen LogP contribution in [0.15, 0.2) is 0 Å². The Morgan fingerprint density at radius 2 is 2.00 bits per heavy atom. The van der Waals surface area contributed by atoms with Crippen LogP contribution in [0, 0.1) is 0 Å². The van der Waals surface area contributed by atoms with Crippen LogP contribution in [0.4, 0.5) is 4.79 Å². The summed E-state index contributed by atoms with van der Waals surface area (Å²) in [6.07, 6.45) is 4.45. The molecule has 1 fully saturated rings. The minimum atomic E-state index is -0.887. The van der Waals surface area contributed by atoms with Gasteiger partial charge in [-0.25, -0.2) is 4.79 Å². The van der Waals surface area contributed by atoms with Crippen molar-refractivity contribution in [2.24, 2.45) is 0 Å². The topological polar surface area (TPSA) is 69.6 Å². The van der Waals surface area contributed by atoms with Crippen LogP contribution in [0.3, 0.4) is 0 Å². The fourth-order valence-corrected chi connectivity index (χ4v) is 2.39. The van der Waals surface area contributed by atoms with Crippen molar-refractivity contribution in [3.05, 3.63) is 0 Å². The molecule has 5 heteroatoms. The van der Waals surface area contributed by atoms with Gasteiger partial charge in [-0.2, -0.15) is 0 Å². The van der Waals surface area contributed by atoms with Crippen molar-refractivity contribution >= 4 is 12.0 Å². The molecular formula is C12H22N2O3. The van der Waals surface area contributed by atoms with E-state index in [4.69, 9.17) is 5.11 Å². The Hall–Kier alpha value is -1.26. The van der Waals surface area contributed by atoms with Crippen molar-refractivity contribution in [3.63, 3.8) is 0 Å². The first-order valence-corrected chi connectivity index (χ1v) is 6.33. The molecule has 1 saturated carbocycles. The molecule has 1 aliphatic carbocycles. The molecule has 1 aliphatic rings. The fourth-order valence-electron chi connectivity index (χ4n) is 2.39. The smallest absolute Gasteiger partial charge is 0.317 e. The van der Waals surface area contributed by atoms with Crippen LogP contribution in [-0.2, 0) is 4.79 Å². The van der Waals surface area contributed by atoms with E-state index in [-0.39, 0.29) is 18.5 Å².